The molecule has 0 atom stereocenters. The van der Waals surface area contributed by atoms with Crippen molar-refractivity contribution in [2.75, 3.05) is 18.9 Å². The second kappa shape index (κ2) is 4.86. The molecule has 0 unspecified atom stereocenters. The predicted octanol–water partition coefficient (Wildman–Crippen LogP) is 0.709. The van der Waals surface area contributed by atoms with Crippen molar-refractivity contribution in [2.24, 2.45) is 0 Å². The summed E-state index contributed by atoms with van der Waals surface area (Å²) in [6, 6.07) is 5.59. The van der Waals surface area contributed by atoms with Crippen molar-refractivity contribution in [3.63, 3.8) is 0 Å². The van der Waals surface area contributed by atoms with Crippen LogP contribution in [0.3, 0.4) is 0 Å². The number of aromatic nitrogens is 2. The van der Waals surface area contributed by atoms with Crippen LogP contribution in [0, 0.1) is 0 Å². The maximum Gasteiger partial charge on any atom is 0.257 e. The fourth-order valence-corrected chi connectivity index (χ4v) is 1.25. The minimum Gasteiger partial charge on any atom is -0.473 e. The molecule has 2 aromatic rings. The third kappa shape index (κ3) is 2.14. The van der Waals surface area contributed by atoms with E-state index in [-0.39, 0.29) is 25.6 Å². The van der Waals surface area contributed by atoms with Gasteiger partial charge in [0, 0.05) is 6.20 Å². The molecular formula is C9H12ClN3O2. The molecule has 0 radical (unpaired) electrons. The highest BCUT2D eigenvalue weighted by atomic mass is 35.5. The quantitative estimate of drug-likeness (QED) is 0.813. The first-order valence-corrected chi connectivity index (χ1v) is 4.29. The predicted molar refractivity (Wildman–Crippen MR) is 59.4 cm³/mol. The highest BCUT2D eigenvalue weighted by Crippen LogP contribution is 2.24. The Balaban J connectivity index is 0.00000112. The van der Waals surface area contributed by atoms with Gasteiger partial charge in [0.2, 0.25) is 0 Å². The number of nitrogens with two attached hydrogens (primary N) is 1. The van der Waals surface area contributed by atoms with Crippen molar-refractivity contribution >= 4 is 23.6 Å². The van der Waals surface area contributed by atoms with Crippen molar-refractivity contribution in [1.82, 2.24) is 9.61 Å². The van der Waals surface area contributed by atoms with Crippen molar-refractivity contribution in [3.05, 3.63) is 24.4 Å². The molecule has 0 saturated heterocycles. The van der Waals surface area contributed by atoms with E-state index >= 15 is 0 Å². The Hall–Kier alpha value is -1.46. The Morgan fingerprint density at radius 3 is 2.93 bits per heavy atom. The zero-order valence-electron chi connectivity index (χ0n) is 7.96. The van der Waals surface area contributed by atoms with Crippen LogP contribution in [0.4, 0.5) is 5.69 Å². The lowest BCUT2D eigenvalue weighted by Gasteiger charge is -1.98. The summed E-state index contributed by atoms with van der Waals surface area (Å²) in [6.45, 7) is 0.154. The number of hydrogen-bond acceptors (Lipinski definition) is 4. The van der Waals surface area contributed by atoms with E-state index in [1.54, 1.807) is 10.7 Å². The van der Waals surface area contributed by atoms with Gasteiger partial charge in [-0.1, -0.05) is 6.07 Å². The molecule has 2 heterocycles. The summed E-state index contributed by atoms with van der Waals surface area (Å²) in [7, 11) is 0. The first-order chi connectivity index (χ1) is 6.83. The summed E-state index contributed by atoms with van der Waals surface area (Å²) >= 11 is 0. The van der Waals surface area contributed by atoms with Gasteiger partial charge in [0.05, 0.1) is 12.1 Å². The molecule has 0 aliphatic carbocycles. The second-order valence-corrected chi connectivity index (χ2v) is 2.82. The zero-order chi connectivity index (χ0) is 9.97. The number of pyridine rings is 1. The number of anilines is 1. The Morgan fingerprint density at radius 2 is 2.27 bits per heavy atom. The molecular weight excluding hydrogens is 218 g/mol. The van der Waals surface area contributed by atoms with E-state index in [0.717, 1.165) is 5.52 Å². The van der Waals surface area contributed by atoms with Crippen molar-refractivity contribution in [3.8, 4) is 5.88 Å². The molecule has 0 aromatic carbocycles. The third-order valence-corrected chi connectivity index (χ3v) is 1.87. The smallest absolute Gasteiger partial charge is 0.257 e. The Morgan fingerprint density at radius 1 is 1.47 bits per heavy atom. The summed E-state index contributed by atoms with van der Waals surface area (Å²) in [5.41, 5.74) is 7.09. The van der Waals surface area contributed by atoms with Gasteiger partial charge in [-0.25, -0.2) is 4.52 Å². The van der Waals surface area contributed by atoms with Gasteiger partial charge in [-0.05, 0) is 12.1 Å². The van der Waals surface area contributed by atoms with Gasteiger partial charge in [0.15, 0.2) is 0 Å². The summed E-state index contributed by atoms with van der Waals surface area (Å²) in [4.78, 5) is 0. The number of rotatable bonds is 3. The molecule has 6 heteroatoms. The molecule has 0 saturated carbocycles. The monoisotopic (exact) mass is 229 g/mol. The van der Waals surface area contributed by atoms with E-state index in [0.29, 0.717) is 11.6 Å². The number of ether oxygens (including phenoxy) is 1. The molecule has 0 aliphatic rings. The van der Waals surface area contributed by atoms with Gasteiger partial charge in [-0.15, -0.1) is 17.5 Å². The Bertz CT molecular complexity index is 444. The van der Waals surface area contributed by atoms with E-state index in [1.807, 2.05) is 18.2 Å². The van der Waals surface area contributed by atoms with Crippen molar-refractivity contribution in [1.29, 1.82) is 0 Å². The second-order valence-electron chi connectivity index (χ2n) is 2.82. The van der Waals surface area contributed by atoms with Crippen LogP contribution in [0.5, 0.6) is 5.88 Å². The van der Waals surface area contributed by atoms with Crippen LogP contribution in [-0.4, -0.2) is 27.9 Å². The number of aliphatic hydroxyl groups excluding tert-OH is 1. The van der Waals surface area contributed by atoms with Gasteiger partial charge in [0.25, 0.3) is 5.88 Å². The molecule has 3 N–H and O–H groups in total. The maximum absolute atomic E-state index is 8.59. The van der Waals surface area contributed by atoms with Crippen LogP contribution in [0.1, 0.15) is 0 Å². The topological polar surface area (TPSA) is 72.8 Å². The van der Waals surface area contributed by atoms with Crippen LogP contribution >= 0.6 is 12.4 Å². The SMILES string of the molecule is Cl.Nc1c(OCCO)nn2ccccc12. The molecule has 0 amide bonds. The van der Waals surface area contributed by atoms with Gasteiger partial charge in [-0.3, -0.25) is 0 Å². The highest BCUT2D eigenvalue weighted by Gasteiger charge is 2.09. The molecule has 2 rings (SSSR count). The summed E-state index contributed by atoms with van der Waals surface area (Å²) < 4.78 is 6.80. The lowest BCUT2D eigenvalue weighted by molar-refractivity contribution is 0.197. The molecule has 82 valence electrons. The third-order valence-electron chi connectivity index (χ3n) is 1.87. The molecule has 0 fully saturated rings. The van der Waals surface area contributed by atoms with Gasteiger partial charge >= 0.3 is 0 Å². The fraction of sp³-hybridized carbons (Fsp3) is 0.222. The van der Waals surface area contributed by atoms with Crippen LogP contribution < -0.4 is 10.5 Å². The molecule has 5 nitrogen and oxygen atoms in total. The number of nitrogen functional groups attached to an aromatic ring is 1. The lowest BCUT2D eigenvalue weighted by atomic mass is 10.4. The maximum atomic E-state index is 8.59. The van der Waals surface area contributed by atoms with E-state index < -0.39 is 0 Å². The normalized spacial score (nSPS) is 9.93. The number of halogens is 1. The van der Waals surface area contributed by atoms with Crippen molar-refractivity contribution in [2.45, 2.75) is 0 Å². The lowest BCUT2D eigenvalue weighted by Crippen LogP contribution is -2.03. The summed E-state index contributed by atoms with van der Waals surface area (Å²) in [6.07, 6.45) is 1.79. The molecule has 0 spiro atoms. The van der Waals surface area contributed by atoms with Crippen LogP contribution in [-0.2, 0) is 0 Å². The van der Waals surface area contributed by atoms with Crippen LogP contribution in [0.15, 0.2) is 24.4 Å². The number of nitrogens with zero attached hydrogens (tertiary/aromatic N) is 2. The van der Waals surface area contributed by atoms with E-state index in [2.05, 4.69) is 5.10 Å². The fourth-order valence-electron chi connectivity index (χ4n) is 1.25. The standard InChI is InChI=1S/C9H11N3O2.ClH/c10-8-7-3-1-2-4-12(7)11-9(8)14-6-5-13;/h1-4,13H,5-6,10H2;1H. The highest BCUT2D eigenvalue weighted by molar-refractivity contribution is 5.85. The molecule has 0 bridgehead atoms. The zero-order valence-corrected chi connectivity index (χ0v) is 8.78. The van der Waals surface area contributed by atoms with E-state index in [4.69, 9.17) is 15.6 Å². The number of fused-ring (bicyclic) bond motifs is 1. The Kier molecular flexibility index (Phi) is 3.76. The van der Waals surface area contributed by atoms with Crippen LogP contribution in [0.25, 0.3) is 5.52 Å². The molecule has 2 aromatic heterocycles. The average molecular weight is 230 g/mol. The van der Waals surface area contributed by atoms with Crippen LogP contribution in [0.2, 0.25) is 0 Å². The molecule has 0 aliphatic heterocycles. The first-order valence-electron chi connectivity index (χ1n) is 4.29. The Labute approximate surface area is 92.9 Å². The number of hydrogen-bond donors (Lipinski definition) is 2. The summed E-state index contributed by atoms with van der Waals surface area (Å²) in [5, 5.41) is 12.7. The van der Waals surface area contributed by atoms with Gasteiger partial charge in [-0.2, -0.15) is 0 Å². The average Bonchev–Trinajstić information content (AvgIpc) is 2.54. The minimum absolute atomic E-state index is 0. The number of aliphatic hydroxyl groups is 1. The van der Waals surface area contributed by atoms with Gasteiger partial charge in [0.1, 0.15) is 12.3 Å². The summed E-state index contributed by atoms with van der Waals surface area (Å²) in [5.74, 6) is 0.366. The largest absolute Gasteiger partial charge is 0.473 e. The first kappa shape index (κ1) is 11.6. The van der Waals surface area contributed by atoms with E-state index in [1.165, 1.54) is 0 Å². The van der Waals surface area contributed by atoms with Gasteiger partial charge < -0.3 is 15.6 Å². The van der Waals surface area contributed by atoms with E-state index in [9.17, 15) is 0 Å². The molecule has 15 heavy (non-hydrogen) atoms. The van der Waals surface area contributed by atoms with Crippen molar-refractivity contribution < 1.29 is 9.84 Å². The minimum atomic E-state index is -0.0483.